The molecule has 52 heavy (non-hydrogen) atoms. The van der Waals surface area contributed by atoms with Gasteiger partial charge in [-0.1, -0.05) is 119 Å². The van der Waals surface area contributed by atoms with Crippen molar-refractivity contribution >= 4 is 68.2 Å². The molecule has 0 saturated carbocycles. The molecule has 4 heteroatoms. The third-order valence-electron chi connectivity index (χ3n) is 12.0. The van der Waals surface area contributed by atoms with Gasteiger partial charge in [0.05, 0.1) is 56.9 Å². The van der Waals surface area contributed by atoms with Crippen molar-refractivity contribution < 1.29 is 0 Å². The van der Waals surface area contributed by atoms with Crippen LogP contribution in [0.5, 0.6) is 0 Å². The lowest BCUT2D eigenvalue weighted by Gasteiger charge is -2.48. The molecule has 0 spiro atoms. The second-order valence-corrected chi connectivity index (χ2v) is 15.5. The Morgan fingerprint density at radius 1 is 0.288 bits per heavy atom. The number of fused-ring (bicyclic) bond motifs is 8. The second kappa shape index (κ2) is 10.2. The number of hydrogen-bond donors (Lipinski definition) is 0. The third kappa shape index (κ3) is 3.66. The Kier molecular flexibility index (Phi) is 5.76. The van der Waals surface area contributed by atoms with Crippen LogP contribution < -0.4 is 19.6 Å². The summed E-state index contributed by atoms with van der Waals surface area (Å²) in [7, 11) is 0. The van der Waals surface area contributed by atoms with E-state index in [9.17, 15) is 0 Å². The van der Waals surface area contributed by atoms with Gasteiger partial charge in [0.2, 0.25) is 0 Å². The summed E-state index contributed by atoms with van der Waals surface area (Å²) in [6, 6.07) is 58.4. The van der Waals surface area contributed by atoms with Crippen molar-refractivity contribution in [3.63, 3.8) is 0 Å². The summed E-state index contributed by atoms with van der Waals surface area (Å²) in [4.78, 5) is 9.93. The van der Waals surface area contributed by atoms with Crippen molar-refractivity contribution in [3.8, 4) is 0 Å². The molecule has 0 N–H and O–H groups in total. The third-order valence-corrected chi connectivity index (χ3v) is 12.0. The molecule has 0 amide bonds. The SMILES string of the molecule is CC1(C)c2ccccc2N2c3ccccc3N(c3cccc(N4c5ccccc5N5c6ccccc6C(C)(C)c6cccc4c65)c3)c3cccc1c32. The molecule has 0 bridgehead atoms. The highest BCUT2D eigenvalue weighted by Gasteiger charge is 2.44. The maximum absolute atomic E-state index is 2.49. The van der Waals surface area contributed by atoms with E-state index in [1.807, 2.05) is 0 Å². The van der Waals surface area contributed by atoms with Crippen molar-refractivity contribution in [3.05, 3.63) is 180 Å². The van der Waals surface area contributed by atoms with Gasteiger partial charge in [0.15, 0.2) is 0 Å². The summed E-state index contributed by atoms with van der Waals surface area (Å²) < 4.78 is 0. The molecular formula is C48H38N4. The average Bonchev–Trinajstić information content (AvgIpc) is 3.18. The Balaban J connectivity index is 1.13. The smallest absolute Gasteiger partial charge is 0.0744 e. The summed E-state index contributed by atoms with van der Waals surface area (Å²) in [6.45, 7) is 9.45. The van der Waals surface area contributed by atoms with Gasteiger partial charge in [0, 0.05) is 22.2 Å². The molecule has 0 aromatic heterocycles. The lowest BCUT2D eigenvalue weighted by Crippen LogP contribution is -2.35. The molecule has 7 aromatic rings. The highest BCUT2D eigenvalue weighted by Crippen LogP contribution is 2.64. The van der Waals surface area contributed by atoms with Crippen molar-refractivity contribution in [2.75, 3.05) is 19.6 Å². The minimum atomic E-state index is -0.152. The monoisotopic (exact) mass is 670 g/mol. The van der Waals surface area contributed by atoms with E-state index in [0.29, 0.717) is 0 Å². The van der Waals surface area contributed by atoms with Gasteiger partial charge >= 0.3 is 0 Å². The first-order valence-electron chi connectivity index (χ1n) is 18.3. The lowest BCUT2D eigenvalue weighted by atomic mass is 9.72. The first-order chi connectivity index (χ1) is 25.4. The van der Waals surface area contributed by atoms with Gasteiger partial charge in [-0.3, -0.25) is 0 Å². The molecule has 250 valence electrons. The molecule has 0 radical (unpaired) electrons. The van der Waals surface area contributed by atoms with Crippen LogP contribution in [-0.4, -0.2) is 0 Å². The van der Waals surface area contributed by atoms with Gasteiger partial charge in [-0.2, -0.15) is 0 Å². The zero-order valence-electron chi connectivity index (χ0n) is 29.8. The predicted octanol–water partition coefficient (Wildman–Crippen LogP) is 13.5. The largest absolute Gasteiger partial charge is 0.306 e. The van der Waals surface area contributed by atoms with Crippen molar-refractivity contribution in [2.24, 2.45) is 0 Å². The maximum Gasteiger partial charge on any atom is 0.0744 e. The molecule has 4 aliphatic rings. The summed E-state index contributed by atoms with van der Waals surface area (Å²) in [5.74, 6) is 0. The van der Waals surface area contributed by atoms with Crippen LogP contribution >= 0.6 is 0 Å². The molecule has 7 aromatic carbocycles. The Morgan fingerprint density at radius 3 is 1.02 bits per heavy atom. The molecule has 0 saturated heterocycles. The van der Waals surface area contributed by atoms with Gasteiger partial charge in [-0.25, -0.2) is 0 Å². The molecule has 0 unspecified atom stereocenters. The van der Waals surface area contributed by atoms with Crippen LogP contribution in [0.3, 0.4) is 0 Å². The van der Waals surface area contributed by atoms with E-state index in [2.05, 4.69) is 205 Å². The van der Waals surface area contributed by atoms with Crippen LogP contribution in [0.15, 0.2) is 158 Å². The Labute approximate surface area is 305 Å². The van der Waals surface area contributed by atoms with E-state index in [1.165, 1.54) is 79.1 Å². The van der Waals surface area contributed by atoms with Crippen LogP contribution in [0.1, 0.15) is 49.9 Å². The van der Waals surface area contributed by atoms with E-state index < -0.39 is 0 Å². The molecule has 4 aliphatic heterocycles. The van der Waals surface area contributed by atoms with E-state index in [4.69, 9.17) is 0 Å². The van der Waals surface area contributed by atoms with Crippen molar-refractivity contribution in [2.45, 2.75) is 38.5 Å². The van der Waals surface area contributed by atoms with Crippen LogP contribution in [0, 0.1) is 0 Å². The summed E-state index contributed by atoms with van der Waals surface area (Å²) >= 11 is 0. The Morgan fingerprint density at radius 2 is 0.596 bits per heavy atom. The summed E-state index contributed by atoms with van der Waals surface area (Å²) in [5, 5.41) is 0. The number of nitrogens with zero attached hydrogens (tertiary/aromatic N) is 4. The number of anilines is 12. The van der Waals surface area contributed by atoms with Crippen molar-refractivity contribution in [1.29, 1.82) is 0 Å². The molecule has 4 heterocycles. The van der Waals surface area contributed by atoms with Crippen LogP contribution in [-0.2, 0) is 10.8 Å². The van der Waals surface area contributed by atoms with Gasteiger partial charge in [-0.15, -0.1) is 0 Å². The molecule has 0 atom stereocenters. The molecule has 4 nitrogen and oxygen atoms in total. The minimum Gasteiger partial charge on any atom is -0.306 e. The Hall–Kier alpha value is -6.26. The van der Waals surface area contributed by atoms with Gasteiger partial charge in [0.1, 0.15) is 0 Å². The quantitative estimate of drug-likeness (QED) is 0.181. The highest BCUT2D eigenvalue weighted by molar-refractivity contribution is 6.07. The lowest BCUT2D eigenvalue weighted by molar-refractivity contribution is 0.631. The number of para-hydroxylation sites is 8. The normalized spacial score (nSPS) is 16.2. The summed E-state index contributed by atoms with van der Waals surface area (Å²) in [5.41, 5.74) is 19.4. The number of benzene rings is 7. The fraction of sp³-hybridized carbons (Fsp3) is 0.125. The first-order valence-corrected chi connectivity index (χ1v) is 18.3. The van der Waals surface area contributed by atoms with Gasteiger partial charge in [0.25, 0.3) is 0 Å². The number of rotatable bonds is 2. The van der Waals surface area contributed by atoms with Gasteiger partial charge < -0.3 is 19.6 Å². The van der Waals surface area contributed by atoms with Gasteiger partial charge in [-0.05, 0) is 89.0 Å². The summed E-state index contributed by atoms with van der Waals surface area (Å²) in [6.07, 6.45) is 0. The van der Waals surface area contributed by atoms with Crippen LogP contribution in [0.25, 0.3) is 0 Å². The predicted molar refractivity (Wildman–Crippen MR) is 217 cm³/mol. The highest BCUT2D eigenvalue weighted by atomic mass is 15.3. The Bertz CT molecular complexity index is 2460. The molecule has 11 rings (SSSR count). The fourth-order valence-corrected chi connectivity index (χ4v) is 9.60. The molecular weight excluding hydrogens is 633 g/mol. The van der Waals surface area contributed by atoms with E-state index >= 15 is 0 Å². The number of hydrogen-bond acceptors (Lipinski definition) is 4. The molecule has 0 aliphatic carbocycles. The molecule has 0 fully saturated rings. The van der Waals surface area contributed by atoms with E-state index in [0.717, 1.165) is 11.4 Å². The van der Waals surface area contributed by atoms with Crippen LogP contribution in [0.2, 0.25) is 0 Å². The topological polar surface area (TPSA) is 13.0 Å². The van der Waals surface area contributed by atoms with Crippen molar-refractivity contribution in [1.82, 2.24) is 0 Å². The zero-order chi connectivity index (χ0) is 34.9. The van der Waals surface area contributed by atoms with E-state index in [1.54, 1.807) is 0 Å². The first kappa shape index (κ1) is 29.5. The standard InChI is InChI=1S/C48H38N4/c1-47(2)33-18-5-7-22-37(33)51-41-26-11-9-24-39(41)49(43-28-14-20-35(47)45(43)51)31-16-13-17-32(30-31)50-40-25-10-12-27-42(40)52-38-23-8-6-19-34(38)48(3,4)36-21-15-29-44(50)46(36)52/h5-30H,1-4H3. The minimum absolute atomic E-state index is 0.152. The second-order valence-electron chi connectivity index (χ2n) is 15.5. The van der Waals surface area contributed by atoms with E-state index in [-0.39, 0.29) is 10.8 Å². The zero-order valence-corrected chi connectivity index (χ0v) is 29.8. The fourth-order valence-electron chi connectivity index (χ4n) is 9.60. The maximum atomic E-state index is 2.49. The average molecular weight is 671 g/mol. The van der Waals surface area contributed by atoms with Crippen LogP contribution in [0.4, 0.5) is 68.2 Å².